The van der Waals surface area contributed by atoms with Gasteiger partial charge in [0.2, 0.25) is 0 Å². The summed E-state index contributed by atoms with van der Waals surface area (Å²) >= 11 is 0. The van der Waals surface area contributed by atoms with Gasteiger partial charge in [-0.05, 0) is 18.2 Å². The highest BCUT2D eigenvalue weighted by Gasteiger charge is 2.07. The van der Waals surface area contributed by atoms with Crippen LogP contribution in [0.2, 0.25) is 0 Å². The molecule has 0 bridgehead atoms. The van der Waals surface area contributed by atoms with E-state index in [4.69, 9.17) is 4.74 Å². The molecule has 0 atom stereocenters. The number of aryl methyl sites for hydroxylation is 1. The molecule has 15 heavy (non-hydrogen) atoms. The van der Waals surface area contributed by atoms with Crippen LogP contribution >= 0.6 is 0 Å². The lowest BCUT2D eigenvalue weighted by molar-refractivity contribution is 0.410. The molecule has 0 spiro atoms. The predicted molar refractivity (Wildman–Crippen MR) is 51.8 cm³/mol. The zero-order chi connectivity index (χ0) is 10.8. The van der Waals surface area contributed by atoms with Crippen molar-refractivity contribution in [1.82, 2.24) is 4.57 Å². The average Bonchev–Trinajstić information content (AvgIpc) is 2.57. The topological polar surface area (TPSA) is 14.2 Å². The third kappa shape index (κ3) is 1.98. The second-order valence-electron chi connectivity index (χ2n) is 3.13. The van der Waals surface area contributed by atoms with Crippen LogP contribution in [0, 0.1) is 11.6 Å². The van der Waals surface area contributed by atoms with Gasteiger partial charge in [0, 0.05) is 25.4 Å². The normalized spacial score (nSPS) is 10.3. The molecule has 1 heterocycles. The van der Waals surface area contributed by atoms with Crippen molar-refractivity contribution in [2.75, 3.05) is 0 Å². The van der Waals surface area contributed by atoms with Crippen LogP contribution in [-0.2, 0) is 7.05 Å². The molecule has 1 aromatic carbocycles. The molecule has 0 saturated carbocycles. The molecule has 0 aliphatic rings. The maximum absolute atomic E-state index is 13.2. The Morgan fingerprint density at radius 1 is 1.20 bits per heavy atom. The van der Waals surface area contributed by atoms with Crippen LogP contribution in [0.5, 0.6) is 11.6 Å². The molecular weight excluding hydrogens is 200 g/mol. The summed E-state index contributed by atoms with van der Waals surface area (Å²) in [5.74, 6) is -0.818. The van der Waals surface area contributed by atoms with Gasteiger partial charge in [0.05, 0.1) is 0 Å². The first-order valence-corrected chi connectivity index (χ1v) is 4.41. The van der Waals surface area contributed by atoms with Gasteiger partial charge in [0.1, 0.15) is 5.82 Å². The largest absolute Gasteiger partial charge is 0.438 e. The van der Waals surface area contributed by atoms with E-state index >= 15 is 0 Å². The minimum Gasteiger partial charge on any atom is -0.438 e. The highest BCUT2D eigenvalue weighted by molar-refractivity contribution is 5.29. The lowest BCUT2D eigenvalue weighted by atomic mass is 10.3. The van der Waals surface area contributed by atoms with Gasteiger partial charge in [-0.3, -0.25) is 0 Å². The first kappa shape index (κ1) is 9.71. The molecule has 0 unspecified atom stereocenters. The minimum atomic E-state index is -0.712. The van der Waals surface area contributed by atoms with Crippen LogP contribution < -0.4 is 4.74 Å². The van der Waals surface area contributed by atoms with E-state index < -0.39 is 11.6 Å². The van der Waals surface area contributed by atoms with Gasteiger partial charge in [-0.25, -0.2) is 8.78 Å². The molecule has 0 saturated heterocycles. The Bertz CT molecular complexity index is 479. The van der Waals surface area contributed by atoms with Crippen molar-refractivity contribution in [3.05, 3.63) is 48.2 Å². The monoisotopic (exact) mass is 209 g/mol. The fourth-order valence-electron chi connectivity index (χ4n) is 1.22. The van der Waals surface area contributed by atoms with Crippen molar-refractivity contribution in [2.45, 2.75) is 0 Å². The van der Waals surface area contributed by atoms with Crippen molar-refractivity contribution in [3.63, 3.8) is 0 Å². The molecule has 78 valence electrons. The molecule has 2 aromatic rings. The molecular formula is C11H9F2NO. The van der Waals surface area contributed by atoms with Crippen LogP contribution in [0.15, 0.2) is 36.5 Å². The van der Waals surface area contributed by atoms with E-state index in [1.807, 2.05) is 0 Å². The molecule has 1 aromatic heterocycles. The van der Waals surface area contributed by atoms with Crippen molar-refractivity contribution in [3.8, 4) is 11.6 Å². The number of nitrogens with zero attached hydrogens (tertiary/aromatic N) is 1. The summed E-state index contributed by atoms with van der Waals surface area (Å²) in [5.41, 5.74) is 0. The Balaban J connectivity index is 2.29. The number of hydrogen-bond donors (Lipinski definition) is 0. The Labute approximate surface area is 85.7 Å². The van der Waals surface area contributed by atoms with Crippen molar-refractivity contribution >= 4 is 0 Å². The number of halogens is 2. The van der Waals surface area contributed by atoms with E-state index in [0.29, 0.717) is 5.88 Å². The number of aromatic nitrogens is 1. The van der Waals surface area contributed by atoms with Crippen LogP contribution in [0.1, 0.15) is 0 Å². The zero-order valence-corrected chi connectivity index (χ0v) is 8.08. The summed E-state index contributed by atoms with van der Waals surface area (Å²) in [6.45, 7) is 0. The molecule has 0 aliphatic carbocycles. The Hall–Kier alpha value is -1.84. The average molecular weight is 209 g/mol. The summed E-state index contributed by atoms with van der Waals surface area (Å²) in [7, 11) is 1.77. The molecule has 0 fully saturated rings. The first-order chi connectivity index (χ1) is 7.16. The summed E-state index contributed by atoms with van der Waals surface area (Å²) in [6.07, 6.45) is 1.77. The summed E-state index contributed by atoms with van der Waals surface area (Å²) in [5, 5.41) is 0. The second kappa shape index (κ2) is 3.73. The Kier molecular flexibility index (Phi) is 2.41. The maximum atomic E-state index is 13.2. The number of benzene rings is 1. The number of rotatable bonds is 2. The van der Waals surface area contributed by atoms with E-state index in [1.54, 1.807) is 29.9 Å². The maximum Gasteiger partial charge on any atom is 0.199 e. The SMILES string of the molecule is Cn1cccc1Oc1ccc(F)cc1F. The third-order valence-electron chi connectivity index (χ3n) is 2.00. The zero-order valence-electron chi connectivity index (χ0n) is 8.08. The fraction of sp³-hybridized carbons (Fsp3) is 0.0909. The van der Waals surface area contributed by atoms with Gasteiger partial charge < -0.3 is 9.30 Å². The quantitative estimate of drug-likeness (QED) is 0.741. The smallest absolute Gasteiger partial charge is 0.199 e. The summed E-state index contributed by atoms with van der Waals surface area (Å²) < 4.78 is 32.8. The predicted octanol–water partition coefficient (Wildman–Crippen LogP) is 3.10. The number of ether oxygens (including phenoxy) is 1. The molecule has 0 amide bonds. The van der Waals surface area contributed by atoms with Crippen molar-refractivity contribution < 1.29 is 13.5 Å². The van der Waals surface area contributed by atoms with Crippen molar-refractivity contribution in [1.29, 1.82) is 0 Å². The Morgan fingerprint density at radius 2 is 2.00 bits per heavy atom. The lowest BCUT2D eigenvalue weighted by Gasteiger charge is -2.06. The first-order valence-electron chi connectivity index (χ1n) is 4.41. The van der Waals surface area contributed by atoms with Gasteiger partial charge >= 0.3 is 0 Å². The van der Waals surface area contributed by atoms with Gasteiger partial charge in [-0.1, -0.05) is 0 Å². The molecule has 2 nitrogen and oxygen atoms in total. The highest BCUT2D eigenvalue weighted by Crippen LogP contribution is 2.24. The van der Waals surface area contributed by atoms with Crippen LogP contribution in [0.3, 0.4) is 0 Å². The van der Waals surface area contributed by atoms with Crippen molar-refractivity contribution in [2.24, 2.45) is 7.05 Å². The summed E-state index contributed by atoms with van der Waals surface area (Å²) in [4.78, 5) is 0. The van der Waals surface area contributed by atoms with E-state index in [2.05, 4.69) is 0 Å². The molecule has 0 aliphatic heterocycles. The Morgan fingerprint density at radius 3 is 2.60 bits per heavy atom. The summed E-state index contributed by atoms with van der Waals surface area (Å²) in [6, 6.07) is 6.68. The standard InChI is InChI=1S/C11H9F2NO/c1-14-6-2-3-11(14)15-10-5-4-8(12)7-9(10)13/h2-7H,1H3. The van der Waals surface area contributed by atoms with Crippen LogP contribution in [-0.4, -0.2) is 4.57 Å². The lowest BCUT2D eigenvalue weighted by Crippen LogP contribution is -1.94. The molecule has 4 heteroatoms. The second-order valence-corrected chi connectivity index (χ2v) is 3.13. The van der Waals surface area contributed by atoms with Crippen LogP contribution in [0.4, 0.5) is 8.78 Å². The third-order valence-corrected chi connectivity index (χ3v) is 2.00. The van der Waals surface area contributed by atoms with Gasteiger partial charge in [-0.2, -0.15) is 0 Å². The van der Waals surface area contributed by atoms with E-state index in [0.717, 1.165) is 12.1 Å². The number of hydrogen-bond acceptors (Lipinski definition) is 1. The van der Waals surface area contributed by atoms with Gasteiger partial charge in [-0.15, -0.1) is 0 Å². The molecule has 0 radical (unpaired) electrons. The van der Waals surface area contributed by atoms with Gasteiger partial charge in [0.25, 0.3) is 0 Å². The van der Waals surface area contributed by atoms with E-state index in [1.165, 1.54) is 6.07 Å². The highest BCUT2D eigenvalue weighted by atomic mass is 19.1. The van der Waals surface area contributed by atoms with E-state index in [-0.39, 0.29) is 5.75 Å². The van der Waals surface area contributed by atoms with E-state index in [9.17, 15) is 8.78 Å². The van der Waals surface area contributed by atoms with Gasteiger partial charge in [0.15, 0.2) is 17.4 Å². The molecule has 2 rings (SSSR count). The minimum absolute atomic E-state index is 0.0122. The fourth-order valence-corrected chi connectivity index (χ4v) is 1.22. The van der Waals surface area contributed by atoms with Crippen LogP contribution in [0.25, 0.3) is 0 Å². The molecule has 0 N–H and O–H groups in total.